The average Bonchev–Trinajstić information content (AvgIpc) is 3.27. The van der Waals surface area contributed by atoms with E-state index in [9.17, 15) is 9.90 Å². The first kappa shape index (κ1) is 37.2. The number of benzene rings is 2. The Morgan fingerprint density at radius 1 is 0.894 bits per heavy atom. The standard InChI is InChI=1S/C38H43N3O4S.K/c1-8-44-34-18-14-28(22-40-34)27-12-10-26(11-13-27)23-41-32-17-16-30(45-24-29-15-9-25(2)21-39-29)19-31(32)35(46-37(3,4)5)33(41)20-38(6,7)36(42)43;/h9-19,21-22H,8,20,23-24H2,1-7H3,(H,42,43);/q;+1/p-1. The van der Waals surface area contributed by atoms with Crippen molar-refractivity contribution in [2.75, 3.05) is 6.61 Å². The van der Waals surface area contributed by atoms with Crippen molar-refractivity contribution in [3.05, 3.63) is 102 Å². The molecule has 0 spiro atoms. The molecule has 0 amide bonds. The molecular formula is C38H42KN3O4S. The van der Waals surface area contributed by atoms with E-state index in [1.165, 1.54) is 0 Å². The van der Waals surface area contributed by atoms with Gasteiger partial charge in [-0.05, 0) is 67.3 Å². The number of carboxylic acids is 1. The summed E-state index contributed by atoms with van der Waals surface area (Å²) in [5, 5.41) is 13.3. The van der Waals surface area contributed by atoms with Crippen LogP contribution in [0.15, 0.2) is 84.0 Å². The van der Waals surface area contributed by atoms with Gasteiger partial charge >= 0.3 is 51.4 Å². The molecule has 0 atom stereocenters. The van der Waals surface area contributed by atoms with E-state index in [1.807, 2.05) is 56.6 Å². The second-order valence-corrected chi connectivity index (χ2v) is 15.1. The Morgan fingerprint density at radius 2 is 1.62 bits per heavy atom. The first-order valence-corrected chi connectivity index (χ1v) is 16.4. The number of ether oxygens (including phenoxy) is 2. The van der Waals surface area contributed by atoms with Gasteiger partial charge in [0.1, 0.15) is 12.4 Å². The molecule has 0 aliphatic carbocycles. The van der Waals surface area contributed by atoms with Crippen molar-refractivity contribution in [2.24, 2.45) is 5.41 Å². The van der Waals surface area contributed by atoms with Gasteiger partial charge in [-0.3, -0.25) is 4.98 Å². The van der Waals surface area contributed by atoms with Crippen molar-refractivity contribution < 1.29 is 70.8 Å². The van der Waals surface area contributed by atoms with Gasteiger partial charge in [0.25, 0.3) is 0 Å². The van der Waals surface area contributed by atoms with Gasteiger partial charge in [-0.1, -0.05) is 65.0 Å². The Kier molecular flexibility index (Phi) is 12.4. The molecule has 3 heterocycles. The van der Waals surface area contributed by atoms with E-state index < -0.39 is 11.4 Å². The van der Waals surface area contributed by atoms with Crippen LogP contribution in [-0.4, -0.2) is 31.9 Å². The van der Waals surface area contributed by atoms with E-state index in [2.05, 4.69) is 71.7 Å². The molecule has 0 fully saturated rings. The fraction of sp³-hybridized carbons (Fsp3) is 0.342. The topological polar surface area (TPSA) is 89.3 Å². The molecule has 47 heavy (non-hydrogen) atoms. The Balaban J connectivity index is 0.00000500. The SMILES string of the molecule is CCOc1ccc(-c2ccc(Cn3c(CC(C)(C)C(=O)[O-])c(SC(C)(C)C)c4cc(OCc5ccc(C)cn5)ccc43)cc2)cn1.[K+]. The number of pyridine rings is 2. The number of aromatic nitrogens is 3. The van der Waals surface area contributed by atoms with Crippen LogP contribution < -0.4 is 66.0 Å². The van der Waals surface area contributed by atoms with Gasteiger partial charge in [0.15, 0.2) is 0 Å². The van der Waals surface area contributed by atoms with Crippen molar-refractivity contribution in [2.45, 2.75) is 77.7 Å². The van der Waals surface area contributed by atoms with Crippen molar-refractivity contribution >= 4 is 28.6 Å². The van der Waals surface area contributed by atoms with Crippen molar-refractivity contribution in [1.29, 1.82) is 0 Å². The Hall–Kier alpha value is -2.66. The molecule has 9 heteroatoms. The molecule has 0 aliphatic heterocycles. The molecule has 5 rings (SSSR count). The smallest absolute Gasteiger partial charge is 0.550 e. The molecule has 0 N–H and O–H groups in total. The zero-order chi connectivity index (χ0) is 33.1. The molecule has 0 unspecified atom stereocenters. The van der Waals surface area contributed by atoms with Crippen LogP contribution in [0, 0.1) is 12.3 Å². The summed E-state index contributed by atoms with van der Waals surface area (Å²) in [5.41, 5.74) is 6.06. The summed E-state index contributed by atoms with van der Waals surface area (Å²) in [6, 6.07) is 22.5. The number of rotatable bonds is 12. The van der Waals surface area contributed by atoms with Gasteiger partial charge in [-0.25, -0.2) is 4.98 Å². The minimum Gasteiger partial charge on any atom is -0.550 e. The third-order valence-electron chi connectivity index (χ3n) is 7.68. The number of hydrogen-bond acceptors (Lipinski definition) is 7. The molecule has 0 saturated heterocycles. The fourth-order valence-corrected chi connectivity index (χ4v) is 6.41. The van der Waals surface area contributed by atoms with Crippen LogP contribution in [0.4, 0.5) is 0 Å². The molecular weight excluding hydrogens is 634 g/mol. The van der Waals surface area contributed by atoms with Gasteiger partial charge in [0, 0.05) is 68.2 Å². The largest absolute Gasteiger partial charge is 1.00 e. The number of aryl methyl sites for hydroxylation is 1. The molecule has 3 aromatic heterocycles. The molecule has 0 aliphatic rings. The predicted octanol–water partition coefficient (Wildman–Crippen LogP) is 4.65. The van der Waals surface area contributed by atoms with E-state index in [1.54, 1.807) is 25.6 Å². The molecule has 0 radical (unpaired) electrons. The van der Waals surface area contributed by atoms with E-state index in [0.29, 0.717) is 32.1 Å². The summed E-state index contributed by atoms with van der Waals surface area (Å²) in [4.78, 5) is 22.2. The maximum Gasteiger partial charge on any atom is 1.00 e. The van der Waals surface area contributed by atoms with Crippen LogP contribution in [0.2, 0.25) is 0 Å². The second kappa shape index (κ2) is 15.7. The van der Waals surface area contributed by atoms with Crippen LogP contribution in [0.3, 0.4) is 0 Å². The normalized spacial score (nSPS) is 11.7. The minimum atomic E-state index is -1.07. The number of fused-ring (bicyclic) bond motifs is 1. The molecule has 7 nitrogen and oxygen atoms in total. The number of carboxylic acid groups (broad SMARTS) is 1. The zero-order valence-electron chi connectivity index (χ0n) is 28.7. The second-order valence-electron chi connectivity index (χ2n) is 13.2. The van der Waals surface area contributed by atoms with Crippen LogP contribution in [0.1, 0.15) is 64.1 Å². The number of aliphatic carboxylic acids is 1. The van der Waals surface area contributed by atoms with Crippen LogP contribution in [0.5, 0.6) is 11.6 Å². The molecule has 0 saturated carbocycles. The number of thioether (sulfide) groups is 1. The van der Waals surface area contributed by atoms with E-state index in [4.69, 9.17) is 9.47 Å². The first-order valence-electron chi connectivity index (χ1n) is 15.6. The van der Waals surface area contributed by atoms with Crippen LogP contribution in [-0.2, 0) is 24.4 Å². The monoisotopic (exact) mass is 675 g/mol. The maximum atomic E-state index is 12.3. The Bertz CT molecular complexity index is 1810. The number of hydrogen-bond donors (Lipinski definition) is 0. The van der Waals surface area contributed by atoms with E-state index in [-0.39, 0.29) is 56.1 Å². The summed E-state index contributed by atoms with van der Waals surface area (Å²) in [5.74, 6) is 0.277. The Labute approximate surface area is 324 Å². The van der Waals surface area contributed by atoms with Crippen molar-refractivity contribution in [3.63, 3.8) is 0 Å². The van der Waals surface area contributed by atoms with Gasteiger partial charge in [0.05, 0.1) is 12.3 Å². The quantitative estimate of drug-likeness (QED) is 0.141. The number of carbonyl (C=O) groups is 1. The van der Waals surface area contributed by atoms with E-state index >= 15 is 0 Å². The fourth-order valence-electron chi connectivity index (χ4n) is 5.22. The molecule has 240 valence electrons. The van der Waals surface area contributed by atoms with Crippen LogP contribution >= 0.6 is 11.8 Å². The summed E-state index contributed by atoms with van der Waals surface area (Å²) >= 11 is 1.75. The summed E-state index contributed by atoms with van der Waals surface area (Å²) in [7, 11) is 0. The van der Waals surface area contributed by atoms with Crippen molar-refractivity contribution in [1.82, 2.24) is 14.5 Å². The summed E-state index contributed by atoms with van der Waals surface area (Å²) in [6.45, 7) is 15.5. The number of nitrogens with zero attached hydrogens (tertiary/aromatic N) is 3. The van der Waals surface area contributed by atoms with Gasteiger partial charge in [-0.2, -0.15) is 0 Å². The zero-order valence-corrected chi connectivity index (χ0v) is 32.7. The predicted molar refractivity (Wildman–Crippen MR) is 183 cm³/mol. The van der Waals surface area contributed by atoms with Gasteiger partial charge in [-0.15, -0.1) is 11.8 Å². The first-order chi connectivity index (χ1) is 21.8. The average molecular weight is 676 g/mol. The van der Waals surface area contributed by atoms with E-state index in [0.717, 1.165) is 55.2 Å². The maximum absolute atomic E-state index is 12.3. The summed E-state index contributed by atoms with van der Waals surface area (Å²) < 4.78 is 13.8. The molecule has 0 bridgehead atoms. The van der Waals surface area contributed by atoms with Crippen LogP contribution in [0.25, 0.3) is 22.0 Å². The number of carbonyl (C=O) groups excluding carboxylic acids is 1. The van der Waals surface area contributed by atoms with Crippen molar-refractivity contribution in [3.8, 4) is 22.8 Å². The molecule has 5 aromatic rings. The minimum absolute atomic E-state index is 0. The van der Waals surface area contributed by atoms with Gasteiger partial charge < -0.3 is 23.9 Å². The Morgan fingerprint density at radius 3 is 2.21 bits per heavy atom. The molecule has 2 aromatic carbocycles. The third kappa shape index (κ3) is 9.49. The summed E-state index contributed by atoms with van der Waals surface area (Å²) in [6.07, 6.45) is 3.99. The third-order valence-corrected chi connectivity index (χ3v) is 8.95. The van der Waals surface area contributed by atoms with Gasteiger partial charge in [0.2, 0.25) is 5.88 Å².